The van der Waals surface area contributed by atoms with Gasteiger partial charge in [0.1, 0.15) is 0 Å². The second-order valence-corrected chi connectivity index (χ2v) is 7.29. The number of rotatable bonds is 4. The van der Waals surface area contributed by atoms with E-state index in [1.54, 1.807) is 23.6 Å². The molecule has 8 heteroatoms. The molecule has 20 heavy (non-hydrogen) atoms. The number of carbonyl (C=O) groups is 1. The van der Waals surface area contributed by atoms with Crippen molar-refractivity contribution in [2.45, 2.75) is 11.3 Å². The molecule has 2 N–H and O–H groups in total. The summed E-state index contributed by atoms with van der Waals surface area (Å²) < 4.78 is 24.2. The molecule has 0 amide bonds. The van der Waals surface area contributed by atoms with Gasteiger partial charge in [-0.3, -0.25) is 9.10 Å². The number of carboxylic acid groups (broad SMARTS) is 1. The normalized spacial score (nSPS) is 14.0. The zero-order chi connectivity index (χ0) is 14.9. The standard InChI is InChI=1S/C12H14N2O4S2/c1-14(20(2,17)18)9-3-4-10-11(6-9)19-7-8(13-10)5-12(15)16/h3-4,6-7,13H,5H2,1-2H3,(H,15,16). The molecule has 0 saturated carbocycles. The number of hydrogen-bond acceptors (Lipinski definition) is 5. The minimum absolute atomic E-state index is 0.0720. The van der Waals surface area contributed by atoms with Crippen molar-refractivity contribution in [3.63, 3.8) is 0 Å². The molecule has 1 aliphatic rings. The maximum atomic E-state index is 11.5. The van der Waals surface area contributed by atoms with Gasteiger partial charge in [0.15, 0.2) is 0 Å². The van der Waals surface area contributed by atoms with Crippen LogP contribution in [0.5, 0.6) is 0 Å². The molecule has 0 atom stereocenters. The fraction of sp³-hybridized carbons (Fsp3) is 0.250. The van der Waals surface area contributed by atoms with Gasteiger partial charge in [0.05, 0.1) is 24.1 Å². The molecule has 6 nitrogen and oxygen atoms in total. The van der Waals surface area contributed by atoms with Crippen LogP contribution in [-0.2, 0) is 14.8 Å². The van der Waals surface area contributed by atoms with Crippen LogP contribution < -0.4 is 9.62 Å². The lowest BCUT2D eigenvalue weighted by Gasteiger charge is -2.22. The highest BCUT2D eigenvalue weighted by Gasteiger charge is 2.17. The largest absolute Gasteiger partial charge is 0.481 e. The maximum absolute atomic E-state index is 11.5. The van der Waals surface area contributed by atoms with E-state index in [1.807, 2.05) is 0 Å². The Kier molecular flexibility index (Phi) is 3.96. The summed E-state index contributed by atoms with van der Waals surface area (Å²) in [5.74, 6) is -0.902. The van der Waals surface area contributed by atoms with Gasteiger partial charge in [-0.05, 0) is 23.6 Å². The Bertz CT molecular complexity index is 683. The topological polar surface area (TPSA) is 86.7 Å². The van der Waals surface area contributed by atoms with Crippen LogP contribution in [0, 0.1) is 0 Å². The summed E-state index contributed by atoms with van der Waals surface area (Å²) in [5, 5.41) is 13.5. The lowest BCUT2D eigenvalue weighted by Crippen LogP contribution is -2.24. The van der Waals surface area contributed by atoms with E-state index in [9.17, 15) is 13.2 Å². The summed E-state index contributed by atoms with van der Waals surface area (Å²) >= 11 is 1.37. The third-order valence-electron chi connectivity index (χ3n) is 2.79. The quantitative estimate of drug-likeness (QED) is 0.883. The van der Waals surface area contributed by atoms with E-state index < -0.39 is 16.0 Å². The molecule has 0 saturated heterocycles. The number of sulfonamides is 1. The van der Waals surface area contributed by atoms with E-state index in [2.05, 4.69) is 5.32 Å². The van der Waals surface area contributed by atoms with Gasteiger partial charge < -0.3 is 10.4 Å². The summed E-state index contributed by atoms with van der Waals surface area (Å²) in [5.41, 5.74) is 1.95. The van der Waals surface area contributed by atoms with Crippen LogP contribution in [0.2, 0.25) is 0 Å². The van der Waals surface area contributed by atoms with Crippen molar-refractivity contribution in [2.24, 2.45) is 0 Å². The van der Waals surface area contributed by atoms with Crippen molar-refractivity contribution in [3.8, 4) is 0 Å². The number of anilines is 2. The monoisotopic (exact) mass is 314 g/mol. The Balaban J connectivity index is 2.25. The van der Waals surface area contributed by atoms with Crippen molar-refractivity contribution >= 4 is 39.1 Å². The molecular weight excluding hydrogens is 300 g/mol. The third-order valence-corrected chi connectivity index (χ3v) is 4.99. The summed E-state index contributed by atoms with van der Waals surface area (Å²) in [4.78, 5) is 11.5. The molecule has 0 aliphatic carbocycles. The highest BCUT2D eigenvalue weighted by molar-refractivity contribution is 8.02. The van der Waals surface area contributed by atoms with E-state index in [0.29, 0.717) is 11.4 Å². The molecule has 1 aliphatic heterocycles. The first-order valence-corrected chi connectivity index (χ1v) is 8.42. The van der Waals surface area contributed by atoms with Crippen LogP contribution in [0.4, 0.5) is 11.4 Å². The van der Waals surface area contributed by atoms with Crippen LogP contribution in [0.3, 0.4) is 0 Å². The molecule has 0 unspecified atom stereocenters. The van der Waals surface area contributed by atoms with Crippen LogP contribution in [0.25, 0.3) is 0 Å². The predicted octanol–water partition coefficient (Wildman–Crippen LogP) is 1.92. The summed E-state index contributed by atoms with van der Waals surface area (Å²) in [6, 6.07) is 5.17. The number of fused-ring (bicyclic) bond motifs is 1. The SMILES string of the molecule is CN(c1ccc2c(c1)SC=C(CC(=O)O)N2)S(C)(=O)=O. The van der Waals surface area contributed by atoms with Crippen molar-refractivity contribution in [3.05, 3.63) is 29.3 Å². The molecule has 1 heterocycles. The lowest BCUT2D eigenvalue weighted by molar-refractivity contribution is -0.136. The van der Waals surface area contributed by atoms with Crippen LogP contribution in [0.1, 0.15) is 6.42 Å². The van der Waals surface area contributed by atoms with Gasteiger partial charge in [-0.15, -0.1) is 0 Å². The van der Waals surface area contributed by atoms with Crippen LogP contribution >= 0.6 is 11.8 Å². The fourth-order valence-corrected chi connectivity index (χ4v) is 3.03. The summed E-state index contributed by atoms with van der Waals surface area (Å²) in [6.45, 7) is 0. The Morgan fingerprint density at radius 1 is 1.45 bits per heavy atom. The summed E-state index contributed by atoms with van der Waals surface area (Å²) in [6.07, 6.45) is 1.07. The molecule has 0 spiro atoms. The van der Waals surface area contributed by atoms with E-state index in [1.165, 1.54) is 23.1 Å². The first-order chi connectivity index (χ1) is 9.27. The molecule has 108 valence electrons. The second kappa shape index (κ2) is 5.37. The number of aliphatic carboxylic acids is 1. The minimum atomic E-state index is -3.30. The van der Waals surface area contributed by atoms with Gasteiger partial charge in [-0.1, -0.05) is 11.8 Å². The number of hydrogen-bond donors (Lipinski definition) is 2. The molecule has 1 aromatic carbocycles. The lowest BCUT2D eigenvalue weighted by atomic mass is 10.2. The number of nitrogens with one attached hydrogen (secondary N) is 1. The summed E-state index contributed by atoms with van der Waals surface area (Å²) in [7, 11) is -1.81. The molecule has 1 aromatic rings. The number of benzene rings is 1. The smallest absolute Gasteiger partial charge is 0.309 e. The van der Waals surface area contributed by atoms with E-state index >= 15 is 0 Å². The van der Waals surface area contributed by atoms with Gasteiger partial charge in [0.2, 0.25) is 10.0 Å². The Morgan fingerprint density at radius 2 is 2.15 bits per heavy atom. The highest BCUT2D eigenvalue weighted by atomic mass is 32.2. The molecule has 0 fully saturated rings. The van der Waals surface area contributed by atoms with Crippen molar-refractivity contribution in [2.75, 3.05) is 22.9 Å². The zero-order valence-electron chi connectivity index (χ0n) is 11.0. The van der Waals surface area contributed by atoms with E-state index in [-0.39, 0.29) is 6.42 Å². The third kappa shape index (κ3) is 3.26. The Hall–Kier alpha value is -1.67. The minimum Gasteiger partial charge on any atom is -0.481 e. The van der Waals surface area contributed by atoms with Gasteiger partial charge >= 0.3 is 5.97 Å². The van der Waals surface area contributed by atoms with Gasteiger partial charge in [0.25, 0.3) is 0 Å². The van der Waals surface area contributed by atoms with Crippen LogP contribution in [0.15, 0.2) is 34.2 Å². The fourth-order valence-electron chi connectivity index (χ4n) is 1.68. The number of carboxylic acids is 1. The number of thioether (sulfide) groups is 1. The zero-order valence-corrected chi connectivity index (χ0v) is 12.6. The predicted molar refractivity (Wildman–Crippen MR) is 79.5 cm³/mol. The average molecular weight is 314 g/mol. The van der Waals surface area contributed by atoms with E-state index in [0.717, 1.165) is 16.8 Å². The van der Waals surface area contributed by atoms with Crippen molar-refractivity contribution < 1.29 is 18.3 Å². The van der Waals surface area contributed by atoms with Gasteiger partial charge in [-0.2, -0.15) is 0 Å². The van der Waals surface area contributed by atoms with Crippen molar-refractivity contribution in [1.29, 1.82) is 0 Å². The molecule has 0 bridgehead atoms. The van der Waals surface area contributed by atoms with Gasteiger partial charge in [-0.25, -0.2) is 8.42 Å². The molecule has 0 radical (unpaired) electrons. The molecular formula is C12H14N2O4S2. The average Bonchev–Trinajstić information content (AvgIpc) is 2.35. The molecule has 0 aromatic heterocycles. The van der Waals surface area contributed by atoms with Gasteiger partial charge in [0, 0.05) is 17.6 Å². The Morgan fingerprint density at radius 3 is 2.75 bits per heavy atom. The first kappa shape index (κ1) is 14.7. The van der Waals surface area contributed by atoms with E-state index in [4.69, 9.17) is 5.11 Å². The number of nitrogens with zero attached hydrogens (tertiary/aromatic N) is 1. The highest BCUT2D eigenvalue weighted by Crippen LogP contribution is 2.37. The Labute approximate surface area is 121 Å². The first-order valence-electron chi connectivity index (χ1n) is 5.70. The molecule has 2 rings (SSSR count). The van der Waals surface area contributed by atoms with Crippen molar-refractivity contribution in [1.82, 2.24) is 0 Å². The maximum Gasteiger partial charge on any atom is 0.309 e. The second-order valence-electron chi connectivity index (χ2n) is 4.37. The van der Waals surface area contributed by atoms with Crippen LogP contribution in [-0.4, -0.2) is 32.8 Å².